The molecule has 31 heavy (non-hydrogen) atoms. The fraction of sp³-hybridized carbons (Fsp3) is 0.381. The molecule has 1 amide bonds. The fourth-order valence-corrected chi connectivity index (χ4v) is 5.02. The van der Waals surface area contributed by atoms with Gasteiger partial charge in [-0.05, 0) is 50.2 Å². The van der Waals surface area contributed by atoms with Crippen molar-refractivity contribution >= 4 is 38.9 Å². The van der Waals surface area contributed by atoms with Gasteiger partial charge in [0.1, 0.15) is 5.82 Å². The van der Waals surface area contributed by atoms with Crippen LogP contribution in [0.4, 0.5) is 15.8 Å². The molecule has 0 radical (unpaired) electrons. The number of anilines is 2. The molecule has 0 saturated carbocycles. The second-order valence-electron chi connectivity index (χ2n) is 6.95. The van der Waals surface area contributed by atoms with E-state index in [2.05, 4.69) is 5.32 Å². The number of morpholine rings is 1. The summed E-state index contributed by atoms with van der Waals surface area (Å²) in [5.41, 5.74) is 0.698. The Kier molecular flexibility index (Phi) is 7.53. The molecule has 1 saturated heterocycles. The van der Waals surface area contributed by atoms with E-state index in [1.54, 1.807) is 6.07 Å². The zero-order valence-electron chi connectivity index (χ0n) is 17.4. The van der Waals surface area contributed by atoms with Crippen LogP contribution in [0.25, 0.3) is 0 Å². The molecule has 1 aliphatic rings. The molecule has 0 spiro atoms. The molecule has 1 heterocycles. The number of amides is 1. The maximum Gasteiger partial charge on any atom is 0.258 e. The number of ether oxygens (including phenoxy) is 1. The third-order valence-corrected chi connectivity index (χ3v) is 7.23. The Morgan fingerprint density at radius 1 is 1.16 bits per heavy atom. The van der Waals surface area contributed by atoms with Gasteiger partial charge < -0.3 is 15.0 Å². The molecule has 0 atom stereocenters. The van der Waals surface area contributed by atoms with Gasteiger partial charge in [-0.1, -0.05) is 11.6 Å². The highest BCUT2D eigenvalue weighted by atomic mass is 35.5. The predicted molar refractivity (Wildman–Crippen MR) is 119 cm³/mol. The van der Waals surface area contributed by atoms with Crippen LogP contribution in [-0.4, -0.2) is 58.0 Å². The molecular formula is C21H25ClFN3O4S. The topological polar surface area (TPSA) is 79.0 Å². The number of rotatable bonds is 7. The minimum Gasteiger partial charge on any atom is -0.379 e. The Labute approximate surface area is 186 Å². The van der Waals surface area contributed by atoms with E-state index < -0.39 is 21.7 Å². The maximum atomic E-state index is 14.2. The molecule has 2 aromatic carbocycles. The molecule has 0 aliphatic carbocycles. The molecule has 168 valence electrons. The van der Waals surface area contributed by atoms with E-state index in [1.165, 1.54) is 28.6 Å². The predicted octanol–water partition coefficient (Wildman–Crippen LogP) is 3.60. The number of nitrogens with one attached hydrogen (secondary N) is 1. The maximum absolute atomic E-state index is 14.2. The van der Waals surface area contributed by atoms with Crippen molar-refractivity contribution in [2.75, 3.05) is 49.6 Å². The normalized spacial score (nSPS) is 15.0. The van der Waals surface area contributed by atoms with Gasteiger partial charge in [0.25, 0.3) is 5.91 Å². The Bertz CT molecular complexity index is 1050. The summed E-state index contributed by atoms with van der Waals surface area (Å²) in [5, 5.41) is 2.89. The zero-order chi connectivity index (χ0) is 22.6. The third kappa shape index (κ3) is 5.17. The summed E-state index contributed by atoms with van der Waals surface area (Å²) in [5.74, 6) is -1.43. The lowest BCUT2D eigenvalue weighted by molar-refractivity contribution is 0.0730. The molecule has 0 bridgehead atoms. The van der Waals surface area contributed by atoms with Crippen LogP contribution in [-0.2, 0) is 14.8 Å². The van der Waals surface area contributed by atoms with Crippen molar-refractivity contribution in [3.63, 3.8) is 0 Å². The first-order valence-electron chi connectivity index (χ1n) is 10.0. The molecule has 0 unspecified atom stereocenters. The van der Waals surface area contributed by atoms with Crippen LogP contribution in [0.15, 0.2) is 41.3 Å². The lowest BCUT2D eigenvalue weighted by Crippen LogP contribution is -2.40. The second-order valence-corrected chi connectivity index (χ2v) is 9.32. The van der Waals surface area contributed by atoms with Crippen LogP contribution >= 0.6 is 11.6 Å². The molecule has 2 aromatic rings. The van der Waals surface area contributed by atoms with Crippen LogP contribution < -0.4 is 10.2 Å². The van der Waals surface area contributed by atoms with E-state index in [9.17, 15) is 17.6 Å². The molecular weight excluding hydrogens is 445 g/mol. The summed E-state index contributed by atoms with van der Waals surface area (Å²) in [6, 6.07) is 8.29. The van der Waals surface area contributed by atoms with E-state index >= 15 is 0 Å². The van der Waals surface area contributed by atoms with Crippen molar-refractivity contribution in [2.45, 2.75) is 18.7 Å². The van der Waals surface area contributed by atoms with Crippen molar-refractivity contribution in [2.24, 2.45) is 0 Å². The highest BCUT2D eigenvalue weighted by Gasteiger charge is 2.28. The lowest BCUT2D eigenvalue weighted by Gasteiger charge is -2.28. The van der Waals surface area contributed by atoms with Gasteiger partial charge in [0, 0.05) is 31.2 Å². The summed E-state index contributed by atoms with van der Waals surface area (Å²) in [6.07, 6.45) is 0. The van der Waals surface area contributed by atoms with Gasteiger partial charge in [-0.3, -0.25) is 4.79 Å². The van der Waals surface area contributed by atoms with E-state index in [-0.39, 0.29) is 34.3 Å². The fourth-order valence-electron chi connectivity index (χ4n) is 3.41. The number of sulfonamides is 1. The first-order valence-corrected chi connectivity index (χ1v) is 11.8. The van der Waals surface area contributed by atoms with Gasteiger partial charge in [0.2, 0.25) is 10.0 Å². The quantitative estimate of drug-likeness (QED) is 0.670. The number of hydrogen-bond acceptors (Lipinski definition) is 5. The van der Waals surface area contributed by atoms with Gasteiger partial charge in [0.15, 0.2) is 0 Å². The van der Waals surface area contributed by atoms with Gasteiger partial charge >= 0.3 is 0 Å². The van der Waals surface area contributed by atoms with Crippen LogP contribution in [0.3, 0.4) is 0 Å². The Morgan fingerprint density at radius 3 is 2.48 bits per heavy atom. The first kappa shape index (κ1) is 23.5. The van der Waals surface area contributed by atoms with Gasteiger partial charge in [-0.2, -0.15) is 4.31 Å². The minimum absolute atomic E-state index is 0.0483. The molecule has 3 rings (SSSR count). The second kappa shape index (κ2) is 9.95. The van der Waals surface area contributed by atoms with Crippen LogP contribution in [0.5, 0.6) is 0 Å². The molecule has 1 N–H and O–H groups in total. The van der Waals surface area contributed by atoms with Crippen LogP contribution in [0, 0.1) is 5.82 Å². The number of halogens is 2. The van der Waals surface area contributed by atoms with Crippen molar-refractivity contribution in [3.05, 3.63) is 52.8 Å². The van der Waals surface area contributed by atoms with Gasteiger partial charge in [0.05, 0.1) is 35.0 Å². The molecule has 0 aromatic heterocycles. The standard InChI is InChI=1S/C21H25ClFN3O4S/c1-3-25(4-2)20-8-6-16(31(28,29)26-9-11-30-12-10-26)14-19(20)24-21(27)17-13-15(22)5-7-18(17)23/h5-8,13-14H,3-4,9-12H2,1-2H3,(H,24,27). The van der Waals surface area contributed by atoms with E-state index in [1.807, 2.05) is 18.7 Å². The number of nitrogens with zero attached hydrogens (tertiary/aromatic N) is 2. The smallest absolute Gasteiger partial charge is 0.258 e. The Morgan fingerprint density at radius 2 is 1.84 bits per heavy atom. The largest absolute Gasteiger partial charge is 0.379 e. The number of carbonyl (C=O) groups excluding carboxylic acids is 1. The lowest BCUT2D eigenvalue weighted by atomic mass is 10.1. The average molecular weight is 470 g/mol. The molecule has 7 nitrogen and oxygen atoms in total. The van der Waals surface area contributed by atoms with Gasteiger partial charge in [-0.25, -0.2) is 12.8 Å². The van der Waals surface area contributed by atoms with E-state index in [4.69, 9.17) is 16.3 Å². The summed E-state index contributed by atoms with van der Waals surface area (Å²) in [7, 11) is -3.77. The third-order valence-electron chi connectivity index (χ3n) is 5.10. The SMILES string of the molecule is CCN(CC)c1ccc(S(=O)(=O)N2CCOCC2)cc1NC(=O)c1cc(Cl)ccc1F. The van der Waals surface area contributed by atoms with Crippen molar-refractivity contribution in [1.82, 2.24) is 4.31 Å². The Balaban J connectivity index is 2.02. The monoisotopic (exact) mass is 469 g/mol. The highest BCUT2D eigenvalue weighted by molar-refractivity contribution is 7.89. The number of carbonyl (C=O) groups is 1. The zero-order valence-corrected chi connectivity index (χ0v) is 19.0. The Hall–Kier alpha value is -2.20. The molecule has 1 fully saturated rings. The number of benzene rings is 2. The summed E-state index contributed by atoms with van der Waals surface area (Å²) < 4.78 is 46.9. The molecule has 1 aliphatic heterocycles. The van der Waals surface area contributed by atoms with E-state index in [0.29, 0.717) is 32.0 Å². The minimum atomic E-state index is -3.77. The van der Waals surface area contributed by atoms with Crippen LogP contribution in [0.2, 0.25) is 5.02 Å². The van der Waals surface area contributed by atoms with Crippen molar-refractivity contribution < 1.29 is 22.3 Å². The summed E-state index contributed by atoms with van der Waals surface area (Å²) in [6.45, 7) is 6.35. The number of hydrogen-bond donors (Lipinski definition) is 1. The summed E-state index contributed by atoms with van der Waals surface area (Å²) >= 11 is 5.91. The van der Waals surface area contributed by atoms with E-state index in [0.717, 1.165) is 6.07 Å². The van der Waals surface area contributed by atoms with Gasteiger partial charge in [-0.15, -0.1) is 0 Å². The average Bonchev–Trinajstić information content (AvgIpc) is 2.77. The highest BCUT2D eigenvalue weighted by Crippen LogP contribution is 2.31. The van der Waals surface area contributed by atoms with Crippen LogP contribution in [0.1, 0.15) is 24.2 Å². The van der Waals surface area contributed by atoms with Crippen molar-refractivity contribution in [1.29, 1.82) is 0 Å². The summed E-state index contributed by atoms with van der Waals surface area (Å²) in [4.78, 5) is 14.8. The van der Waals surface area contributed by atoms with Crippen molar-refractivity contribution in [3.8, 4) is 0 Å². The first-order chi connectivity index (χ1) is 14.8. The molecule has 10 heteroatoms.